The molecule has 1 nitrogen and oxygen atoms in total. The molecule has 1 aromatic rings. The Balaban J connectivity index is 2.32. The van der Waals surface area contributed by atoms with Crippen molar-refractivity contribution in [2.75, 3.05) is 6.54 Å². The van der Waals surface area contributed by atoms with E-state index in [4.69, 9.17) is 5.73 Å². The molecule has 0 saturated heterocycles. The van der Waals surface area contributed by atoms with Crippen molar-refractivity contribution < 1.29 is 0 Å². The Labute approximate surface area is 100 Å². The fourth-order valence-electron chi connectivity index (χ4n) is 2.79. The maximum absolute atomic E-state index is 5.80. The molecule has 1 aromatic carbocycles. The maximum atomic E-state index is 5.80. The van der Waals surface area contributed by atoms with Crippen molar-refractivity contribution in [1.29, 1.82) is 0 Å². The van der Waals surface area contributed by atoms with Crippen LogP contribution in [0.4, 0.5) is 0 Å². The van der Waals surface area contributed by atoms with E-state index in [0.29, 0.717) is 17.3 Å². The van der Waals surface area contributed by atoms with Gasteiger partial charge in [-0.15, -0.1) is 0 Å². The van der Waals surface area contributed by atoms with E-state index in [1.54, 1.807) is 0 Å². The van der Waals surface area contributed by atoms with Gasteiger partial charge in [0, 0.05) is 4.47 Å². The normalized spacial score (nSPS) is 27.8. The van der Waals surface area contributed by atoms with Gasteiger partial charge in [0.25, 0.3) is 0 Å². The van der Waals surface area contributed by atoms with Crippen LogP contribution in [-0.2, 0) is 0 Å². The molecule has 82 valence electrons. The molecule has 1 fully saturated rings. The van der Waals surface area contributed by atoms with Crippen molar-refractivity contribution in [3.8, 4) is 0 Å². The zero-order valence-corrected chi connectivity index (χ0v) is 11.1. The van der Waals surface area contributed by atoms with Gasteiger partial charge in [-0.2, -0.15) is 0 Å². The maximum Gasteiger partial charge on any atom is 0.0180 e. The fraction of sp³-hybridized carbons (Fsp3) is 0.538. The third-order valence-corrected chi connectivity index (χ3v) is 4.19. The number of nitrogens with two attached hydrogens (primary N) is 1. The first kappa shape index (κ1) is 11.2. The molecular formula is C13H18BrN. The van der Waals surface area contributed by atoms with Crippen molar-refractivity contribution in [2.45, 2.75) is 26.7 Å². The minimum absolute atomic E-state index is 0.377. The summed E-state index contributed by atoms with van der Waals surface area (Å²) >= 11 is 3.56. The quantitative estimate of drug-likeness (QED) is 0.873. The number of aryl methyl sites for hydroxylation is 1. The molecular weight excluding hydrogens is 250 g/mol. The van der Waals surface area contributed by atoms with Crippen molar-refractivity contribution in [3.05, 3.63) is 33.8 Å². The average molecular weight is 268 g/mol. The summed E-state index contributed by atoms with van der Waals surface area (Å²) in [5, 5.41) is 0. The van der Waals surface area contributed by atoms with E-state index in [1.165, 1.54) is 15.6 Å². The van der Waals surface area contributed by atoms with Gasteiger partial charge in [-0.05, 0) is 54.0 Å². The van der Waals surface area contributed by atoms with Gasteiger partial charge in [0.2, 0.25) is 0 Å². The van der Waals surface area contributed by atoms with Crippen LogP contribution in [0.3, 0.4) is 0 Å². The third-order valence-electron chi connectivity index (χ3n) is 3.73. The summed E-state index contributed by atoms with van der Waals surface area (Å²) in [7, 11) is 0. The second-order valence-electron chi connectivity index (χ2n) is 5.20. The van der Waals surface area contributed by atoms with Gasteiger partial charge < -0.3 is 5.73 Å². The second-order valence-corrected chi connectivity index (χ2v) is 6.12. The number of benzene rings is 1. The molecule has 0 spiro atoms. The highest BCUT2D eigenvalue weighted by atomic mass is 79.9. The smallest absolute Gasteiger partial charge is 0.0180 e. The molecule has 1 aliphatic rings. The second kappa shape index (κ2) is 3.60. The molecule has 2 atom stereocenters. The summed E-state index contributed by atoms with van der Waals surface area (Å²) in [6.45, 7) is 7.56. The molecule has 2 heteroatoms. The predicted octanol–water partition coefficient (Wildman–Crippen LogP) is 3.46. The zero-order chi connectivity index (χ0) is 11.2. The van der Waals surface area contributed by atoms with Crippen LogP contribution in [0, 0.1) is 18.3 Å². The van der Waals surface area contributed by atoms with Crippen LogP contribution in [0.15, 0.2) is 22.7 Å². The van der Waals surface area contributed by atoms with Gasteiger partial charge in [0.1, 0.15) is 0 Å². The zero-order valence-electron chi connectivity index (χ0n) is 9.55. The topological polar surface area (TPSA) is 26.0 Å². The Bertz CT molecular complexity index is 364. The van der Waals surface area contributed by atoms with Crippen LogP contribution >= 0.6 is 15.9 Å². The lowest BCUT2D eigenvalue weighted by Gasteiger charge is -2.05. The Hall–Kier alpha value is -0.340. The van der Waals surface area contributed by atoms with Gasteiger partial charge in [-0.3, -0.25) is 0 Å². The van der Waals surface area contributed by atoms with Crippen molar-refractivity contribution in [3.63, 3.8) is 0 Å². The molecule has 0 unspecified atom stereocenters. The van der Waals surface area contributed by atoms with Crippen molar-refractivity contribution >= 4 is 15.9 Å². The van der Waals surface area contributed by atoms with Gasteiger partial charge in [-0.1, -0.05) is 35.8 Å². The largest absolute Gasteiger partial charge is 0.330 e. The lowest BCUT2D eigenvalue weighted by molar-refractivity contribution is 0.558. The van der Waals surface area contributed by atoms with Crippen LogP contribution < -0.4 is 5.73 Å². The Kier molecular flexibility index (Phi) is 2.68. The van der Waals surface area contributed by atoms with Crippen LogP contribution in [0.2, 0.25) is 0 Å². The van der Waals surface area contributed by atoms with Gasteiger partial charge in [-0.25, -0.2) is 0 Å². The van der Waals surface area contributed by atoms with E-state index in [0.717, 1.165) is 6.54 Å². The van der Waals surface area contributed by atoms with E-state index in [9.17, 15) is 0 Å². The summed E-state index contributed by atoms with van der Waals surface area (Å²) in [6.07, 6.45) is 0. The summed E-state index contributed by atoms with van der Waals surface area (Å²) in [6, 6.07) is 6.66. The van der Waals surface area contributed by atoms with Crippen molar-refractivity contribution in [2.24, 2.45) is 17.1 Å². The van der Waals surface area contributed by atoms with Crippen LogP contribution in [-0.4, -0.2) is 6.54 Å². The monoisotopic (exact) mass is 267 g/mol. The molecule has 0 bridgehead atoms. The number of rotatable bonds is 2. The van der Waals surface area contributed by atoms with E-state index < -0.39 is 0 Å². The van der Waals surface area contributed by atoms with Gasteiger partial charge in [0.05, 0.1) is 0 Å². The SMILES string of the molecule is Cc1cc(Br)cc([C@@H]2[C@@H](CN)C2(C)C)c1. The highest BCUT2D eigenvalue weighted by molar-refractivity contribution is 9.10. The Morgan fingerprint density at radius 3 is 2.47 bits per heavy atom. The van der Waals surface area contributed by atoms with E-state index in [2.05, 4.69) is 54.9 Å². The first-order chi connectivity index (χ1) is 6.96. The summed E-state index contributed by atoms with van der Waals surface area (Å²) < 4.78 is 1.18. The Morgan fingerprint density at radius 2 is 2.00 bits per heavy atom. The van der Waals surface area contributed by atoms with E-state index in [1.807, 2.05) is 0 Å². The van der Waals surface area contributed by atoms with Crippen LogP contribution in [0.5, 0.6) is 0 Å². The van der Waals surface area contributed by atoms with Gasteiger partial charge >= 0.3 is 0 Å². The molecule has 0 heterocycles. The standard InChI is InChI=1S/C13H18BrN/c1-8-4-9(6-10(14)5-8)12-11(7-15)13(12,2)3/h4-6,11-12H,7,15H2,1-3H3/t11-,12-/m1/s1. The molecule has 0 radical (unpaired) electrons. The molecule has 1 saturated carbocycles. The molecule has 2 N–H and O–H groups in total. The fourth-order valence-corrected chi connectivity index (χ4v) is 3.42. The van der Waals surface area contributed by atoms with E-state index in [-0.39, 0.29) is 0 Å². The molecule has 0 amide bonds. The molecule has 15 heavy (non-hydrogen) atoms. The predicted molar refractivity (Wildman–Crippen MR) is 67.9 cm³/mol. The number of halogens is 1. The van der Waals surface area contributed by atoms with Crippen LogP contribution in [0.1, 0.15) is 30.9 Å². The minimum Gasteiger partial charge on any atom is -0.330 e. The highest BCUT2D eigenvalue weighted by Crippen LogP contribution is 2.63. The summed E-state index contributed by atoms with van der Waals surface area (Å²) in [4.78, 5) is 0. The molecule has 0 aromatic heterocycles. The van der Waals surface area contributed by atoms with Crippen LogP contribution in [0.25, 0.3) is 0 Å². The first-order valence-electron chi connectivity index (χ1n) is 5.44. The highest BCUT2D eigenvalue weighted by Gasteiger charge is 2.57. The first-order valence-corrected chi connectivity index (χ1v) is 6.23. The lowest BCUT2D eigenvalue weighted by Crippen LogP contribution is -2.05. The van der Waals surface area contributed by atoms with E-state index >= 15 is 0 Å². The van der Waals surface area contributed by atoms with Crippen molar-refractivity contribution in [1.82, 2.24) is 0 Å². The number of hydrogen-bond acceptors (Lipinski definition) is 1. The number of hydrogen-bond donors (Lipinski definition) is 1. The molecule has 2 rings (SSSR count). The summed E-state index contributed by atoms with van der Waals surface area (Å²) in [5.41, 5.74) is 8.93. The summed E-state index contributed by atoms with van der Waals surface area (Å²) in [5.74, 6) is 1.28. The molecule has 1 aliphatic carbocycles. The van der Waals surface area contributed by atoms with Gasteiger partial charge in [0.15, 0.2) is 0 Å². The minimum atomic E-state index is 0.377. The molecule has 0 aliphatic heterocycles. The lowest BCUT2D eigenvalue weighted by atomic mass is 10.0. The third kappa shape index (κ3) is 1.85. The Morgan fingerprint density at radius 1 is 1.33 bits per heavy atom. The average Bonchev–Trinajstić information content (AvgIpc) is 2.66.